The van der Waals surface area contributed by atoms with Gasteiger partial charge in [-0.05, 0) is 49.4 Å². The van der Waals surface area contributed by atoms with Crippen LogP contribution in [0, 0.1) is 6.92 Å². The van der Waals surface area contributed by atoms with E-state index in [0.29, 0.717) is 17.8 Å². The van der Waals surface area contributed by atoms with E-state index in [-0.39, 0.29) is 42.9 Å². The minimum atomic E-state index is -4.70. The lowest BCUT2D eigenvalue weighted by Crippen LogP contribution is -2.63. The van der Waals surface area contributed by atoms with Gasteiger partial charge in [-0.3, -0.25) is 4.79 Å². The second kappa shape index (κ2) is 9.32. The number of pyridine rings is 1. The third-order valence-electron chi connectivity index (χ3n) is 5.61. The molecule has 3 rings (SSSR count). The summed E-state index contributed by atoms with van der Waals surface area (Å²) >= 11 is 6.35. The van der Waals surface area contributed by atoms with Crippen molar-refractivity contribution in [2.45, 2.75) is 63.5 Å². The molecule has 3 heterocycles. The minimum Gasteiger partial charge on any atom is -0.475 e. The van der Waals surface area contributed by atoms with Gasteiger partial charge in [0.1, 0.15) is 22.0 Å². The molecule has 33 heavy (non-hydrogen) atoms. The number of piperidine rings is 1. The van der Waals surface area contributed by atoms with Gasteiger partial charge in [0.15, 0.2) is 0 Å². The van der Waals surface area contributed by atoms with E-state index in [1.165, 1.54) is 24.1 Å². The average Bonchev–Trinajstić information content (AvgIpc) is 3.17. The van der Waals surface area contributed by atoms with Gasteiger partial charge in [-0.1, -0.05) is 13.3 Å². The van der Waals surface area contributed by atoms with Crippen LogP contribution in [0.1, 0.15) is 48.6 Å². The lowest BCUT2D eigenvalue weighted by molar-refractivity contribution is -0.138. The number of nitrogens with zero attached hydrogens (tertiary/aromatic N) is 2. The van der Waals surface area contributed by atoms with Crippen LogP contribution in [0.2, 0.25) is 0 Å². The zero-order chi connectivity index (χ0) is 24.6. The molecule has 0 N–H and O–H groups in total. The van der Waals surface area contributed by atoms with E-state index in [2.05, 4.69) is 4.98 Å². The number of alkyl halides is 6. The molecule has 0 radical (unpaired) electrons. The third-order valence-corrected chi connectivity index (χ3v) is 6.88. The molecule has 0 amide bonds. The smallest absolute Gasteiger partial charge is 0.425 e. The maximum Gasteiger partial charge on any atom is 0.425 e. The fourth-order valence-corrected chi connectivity index (χ4v) is 5.17. The molecule has 2 aromatic heterocycles. The Bertz CT molecular complexity index is 1010. The normalized spacial score (nSPS) is 21.8. The predicted molar refractivity (Wildman–Crippen MR) is 113 cm³/mol. The van der Waals surface area contributed by atoms with Gasteiger partial charge in [-0.15, -0.1) is 11.3 Å². The molecule has 0 unspecified atom stereocenters. The molecular weight excluding hydrogens is 494 g/mol. The number of anilines is 1. The summed E-state index contributed by atoms with van der Waals surface area (Å²) in [5.74, 6) is -0.564. The molecule has 4 nitrogen and oxygen atoms in total. The van der Waals surface area contributed by atoms with Gasteiger partial charge in [-0.2, -0.15) is 26.3 Å². The van der Waals surface area contributed by atoms with Crippen molar-refractivity contribution in [1.29, 1.82) is 0 Å². The maximum absolute atomic E-state index is 13.9. The molecule has 0 aromatic carbocycles. The van der Waals surface area contributed by atoms with Crippen molar-refractivity contribution in [3.05, 3.63) is 39.7 Å². The van der Waals surface area contributed by atoms with Crippen LogP contribution in [0.25, 0.3) is 0 Å². The van der Waals surface area contributed by atoms with Crippen LogP contribution in [0.5, 0.6) is 5.75 Å². The molecule has 0 saturated carbocycles. The van der Waals surface area contributed by atoms with Gasteiger partial charge in [0.05, 0.1) is 6.04 Å². The Morgan fingerprint density at radius 3 is 2.55 bits per heavy atom. The second-order valence-electron chi connectivity index (χ2n) is 7.84. The highest BCUT2D eigenvalue weighted by molar-refractivity contribution is 7.10. The topological polar surface area (TPSA) is 42.4 Å². The molecule has 1 fully saturated rings. The second-order valence-corrected chi connectivity index (χ2v) is 9.09. The van der Waals surface area contributed by atoms with Crippen molar-refractivity contribution in [2.75, 3.05) is 11.4 Å². The van der Waals surface area contributed by atoms with Crippen LogP contribution in [0.15, 0.2) is 23.7 Å². The molecule has 2 aromatic rings. The molecule has 0 bridgehead atoms. The van der Waals surface area contributed by atoms with E-state index in [1.807, 2.05) is 0 Å². The van der Waals surface area contributed by atoms with Crippen molar-refractivity contribution in [2.24, 2.45) is 0 Å². The highest BCUT2D eigenvalue weighted by Gasteiger charge is 2.53. The fourth-order valence-electron chi connectivity index (χ4n) is 4.23. The van der Waals surface area contributed by atoms with Crippen molar-refractivity contribution in [3.8, 4) is 5.75 Å². The summed E-state index contributed by atoms with van der Waals surface area (Å²) in [7, 11) is 0. The van der Waals surface area contributed by atoms with Gasteiger partial charge < -0.3 is 9.64 Å². The number of thiophene rings is 1. The standard InChI is InChI=1S/C21H21ClF6N2O2S/c1-3-5-14-19(18(22)31,32-13-10-15(33-11-13)20(23,24)25)7-4-9-30(14)17-16(21(26,27)28)12(2)6-8-29-17/h6,8,10-11,14H,3-5,7,9H2,1-2H3/t14-,19+/m1/s1. The summed E-state index contributed by atoms with van der Waals surface area (Å²) in [6, 6.07) is 1.04. The summed E-state index contributed by atoms with van der Waals surface area (Å²) in [5, 5.41) is 0.130. The Labute approximate surface area is 195 Å². The summed E-state index contributed by atoms with van der Waals surface area (Å²) in [5.41, 5.74) is -2.81. The molecular formula is C21H21ClF6N2O2S. The quantitative estimate of drug-likeness (QED) is 0.312. The zero-order valence-electron chi connectivity index (χ0n) is 17.7. The van der Waals surface area contributed by atoms with E-state index < -0.39 is 39.7 Å². The van der Waals surface area contributed by atoms with Crippen LogP contribution in [0.3, 0.4) is 0 Å². The fraction of sp³-hybridized carbons (Fsp3) is 0.524. The molecule has 0 aliphatic carbocycles. The Morgan fingerprint density at radius 2 is 2.00 bits per heavy atom. The highest BCUT2D eigenvalue weighted by Crippen LogP contribution is 2.45. The molecule has 1 aliphatic heterocycles. The number of aromatic nitrogens is 1. The Balaban J connectivity index is 2.10. The van der Waals surface area contributed by atoms with Crippen molar-refractivity contribution >= 4 is 34.0 Å². The number of rotatable bonds is 6. The first kappa shape index (κ1) is 25.6. The summed E-state index contributed by atoms with van der Waals surface area (Å²) < 4.78 is 86.7. The van der Waals surface area contributed by atoms with Crippen molar-refractivity contribution in [1.82, 2.24) is 4.98 Å². The number of ether oxygens (including phenoxy) is 1. The first-order valence-electron chi connectivity index (χ1n) is 10.2. The van der Waals surface area contributed by atoms with Gasteiger partial charge in [0, 0.05) is 24.2 Å². The van der Waals surface area contributed by atoms with Crippen LogP contribution in [-0.4, -0.2) is 28.4 Å². The van der Waals surface area contributed by atoms with E-state index in [4.69, 9.17) is 16.3 Å². The van der Waals surface area contributed by atoms with Gasteiger partial charge in [-0.25, -0.2) is 4.98 Å². The predicted octanol–water partition coefficient (Wildman–Crippen LogP) is 6.84. The maximum atomic E-state index is 13.9. The Hall–Kier alpha value is -2.01. The molecule has 1 aliphatic rings. The molecule has 0 spiro atoms. The van der Waals surface area contributed by atoms with Crippen molar-refractivity contribution < 1.29 is 35.9 Å². The highest BCUT2D eigenvalue weighted by atomic mass is 35.5. The van der Waals surface area contributed by atoms with Crippen LogP contribution in [0.4, 0.5) is 32.2 Å². The Morgan fingerprint density at radius 1 is 1.30 bits per heavy atom. The SMILES string of the molecule is CCC[C@H]1N(c2nccc(C)c2C(F)(F)F)CCC[C@@]1(Oc1csc(C(F)(F)F)c1)C(=O)Cl. The van der Waals surface area contributed by atoms with Crippen LogP contribution in [-0.2, 0) is 17.1 Å². The first-order chi connectivity index (χ1) is 15.3. The molecule has 12 heteroatoms. The number of hydrogen-bond acceptors (Lipinski definition) is 5. The van der Waals surface area contributed by atoms with Gasteiger partial charge >= 0.3 is 12.4 Å². The zero-order valence-corrected chi connectivity index (χ0v) is 19.3. The number of aryl methyl sites for hydroxylation is 1. The number of hydrogen-bond donors (Lipinski definition) is 0. The monoisotopic (exact) mass is 514 g/mol. The average molecular weight is 515 g/mol. The van der Waals surface area contributed by atoms with E-state index in [1.54, 1.807) is 6.92 Å². The lowest BCUT2D eigenvalue weighted by Gasteiger charge is -2.48. The molecule has 182 valence electrons. The van der Waals surface area contributed by atoms with Crippen molar-refractivity contribution in [3.63, 3.8) is 0 Å². The number of carbonyl (C=O) groups excluding carboxylic acids is 1. The Kier molecular flexibility index (Phi) is 7.24. The summed E-state index contributed by atoms with van der Waals surface area (Å²) in [4.78, 5) is 17.1. The summed E-state index contributed by atoms with van der Waals surface area (Å²) in [6.45, 7) is 3.24. The minimum absolute atomic E-state index is 0.0373. The summed E-state index contributed by atoms with van der Waals surface area (Å²) in [6.07, 6.45) is -7.12. The van der Waals surface area contributed by atoms with E-state index in [0.717, 1.165) is 11.4 Å². The van der Waals surface area contributed by atoms with E-state index >= 15 is 0 Å². The number of halogens is 7. The van der Waals surface area contributed by atoms with Crippen LogP contribution >= 0.6 is 22.9 Å². The van der Waals surface area contributed by atoms with Gasteiger partial charge in [0.2, 0.25) is 5.60 Å². The molecule has 1 saturated heterocycles. The van der Waals surface area contributed by atoms with Gasteiger partial charge in [0.25, 0.3) is 5.24 Å². The largest absolute Gasteiger partial charge is 0.475 e. The van der Waals surface area contributed by atoms with Crippen LogP contribution < -0.4 is 9.64 Å². The van der Waals surface area contributed by atoms with E-state index in [9.17, 15) is 31.1 Å². The lowest BCUT2D eigenvalue weighted by atomic mass is 9.82. The third kappa shape index (κ3) is 5.08. The first-order valence-corrected chi connectivity index (χ1v) is 11.4. The molecule has 2 atom stereocenters. The number of carbonyl (C=O) groups is 1.